The van der Waals surface area contributed by atoms with Gasteiger partial charge in [-0.3, -0.25) is 9.69 Å². The van der Waals surface area contributed by atoms with Crippen molar-refractivity contribution in [3.8, 4) is 0 Å². The third-order valence-corrected chi connectivity index (χ3v) is 4.02. The number of halogens is 3. The molecule has 1 N–H and O–H groups in total. The van der Waals surface area contributed by atoms with Gasteiger partial charge in [0.05, 0.1) is 13.1 Å². The van der Waals surface area contributed by atoms with E-state index in [0.717, 1.165) is 19.5 Å². The molecule has 1 unspecified atom stereocenters. The van der Waals surface area contributed by atoms with Gasteiger partial charge in [-0.2, -0.15) is 13.2 Å². The van der Waals surface area contributed by atoms with Gasteiger partial charge in [0.15, 0.2) is 0 Å². The Morgan fingerprint density at radius 1 is 1.15 bits per heavy atom. The lowest BCUT2D eigenvalue weighted by molar-refractivity contribution is -0.133. The molecule has 2 fully saturated rings. The Morgan fingerprint density at radius 3 is 2.50 bits per heavy atom. The monoisotopic (exact) mass is 293 g/mol. The van der Waals surface area contributed by atoms with Crippen molar-refractivity contribution in [1.29, 1.82) is 0 Å². The smallest absolute Gasteiger partial charge is 0.340 e. The lowest BCUT2D eigenvalue weighted by atomic mass is 10.1. The summed E-state index contributed by atoms with van der Waals surface area (Å²) in [5, 5.41) is 2.17. The van der Waals surface area contributed by atoms with E-state index in [4.69, 9.17) is 0 Å². The Kier molecular flexibility index (Phi) is 5.26. The molecule has 0 aromatic carbocycles. The van der Waals surface area contributed by atoms with Gasteiger partial charge in [0.2, 0.25) is 5.91 Å². The first-order valence-electron chi connectivity index (χ1n) is 7.25. The minimum Gasteiger partial charge on any atom is -0.340 e. The molecule has 20 heavy (non-hydrogen) atoms. The average Bonchev–Trinajstić information content (AvgIpc) is 2.88. The van der Waals surface area contributed by atoms with Crippen LogP contribution in [0.15, 0.2) is 0 Å². The van der Waals surface area contributed by atoms with Crippen LogP contribution in [0.4, 0.5) is 13.2 Å². The third-order valence-electron chi connectivity index (χ3n) is 4.02. The predicted octanol–water partition coefficient (Wildman–Crippen LogP) is 1.23. The van der Waals surface area contributed by atoms with E-state index < -0.39 is 12.7 Å². The SMILES string of the molecule is O=C(CNCC(F)(F)F)N1CCC(N2CCCCC2)C1. The molecule has 0 bridgehead atoms. The number of amides is 1. The minimum absolute atomic E-state index is 0.228. The van der Waals surface area contributed by atoms with Gasteiger partial charge < -0.3 is 10.2 Å². The van der Waals surface area contributed by atoms with Crippen LogP contribution in [-0.4, -0.2) is 67.2 Å². The summed E-state index contributed by atoms with van der Waals surface area (Å²) in [5.41, 5.74) is 0. The zero-order valence-electron chi connectivity index (χ0n) is 11.6. The fourth-order valence-electron chi connectivity index (χ4n) is 2.97. The summed E-state index contributed by atoms with van der Waals surface area (Å²) >= 11 is 0. The van der Waals surface area contributed by atoms with Crippen LogP contribution in [0.3, 0.4) is 0 Å². The van der Waals surface area contributed by atoms with Crippen LogP contribution in [0.1, 0.15) is 25.7 Å². The van der Waals surface area contributed by atoms with E-state index in [2.05, 4.69) is 10.2 Å². The topological polar surface area (TPSA) is 35.6 Å². The Balaban J connectivity index is 1.70. The Labute approximate surface area is 117 Å². The summed E-state index contributed by atoms with van der Waals surface area (Å²) in [4.78, 5) is 15.9. The standard InChI is InChI=1S/C13H22F3N3O/c14-13(15,16)10-17-8-12(20)19-7-4-11(9-19)18-5-2-1-3-6-18/h11,17H,1-10H2. The lowest BCUT2D eigenvalue weighted by Gasteiger charge is -2.32. The van der Waals surface area contributed by atoms with Gasteiger partial charge in [-0.1, -0.05) is 6.42 Å². The molecule has 2 aliphatic heterocycles. The second-order valence-electron chi connectivity index (χ2n) is 5.60. The van der Waals surface area contributed by atoms with E-state index in [1.807, 2.05) is 0 Å². The number of alkyl halides is 3. The van der Waals surface area contributed by atoms with Gasteiger partial charge in [-0.15, -0.1) is 0 Å². The normalized spacial score (nSPS) is 25.1. The van der Waals surface area contributed by atoms with Crippen LogP contribution in [-0.2, 0) is 4.79 Å². The summed E-state index contributed by atoms with van der Waals surface area (Å²) in [6.07, 6.45) is 0.356. The summed E-state index contributed by atoms with van der Waals surface area (Å²) in [6.45, 7) is 2.15. The highest BCUT2D eigenvalue weighted by molar-refractivity contribution is 5.78. The molecule has 1 atom stereocenters. The van der Waals surface area contributed by atoms with Crippen LogP contribution < -0.4 is 5.32 Å². The number of nitrogens with zero attached hydrogens (tertiary/aromatic N) is 2. The maximum atomic E-state index is 12.0. The molecular weight excluding hydrogens is 271 g/mol. The molecule has 0 aliphatic carbocycles. The number of piperidine rings is 1. The highest BCUT2D eigenvalue weighted by Crippen LogP contribution is 2.20. The van der Waals surface area contributed by atoms with Gasteiger partial charge in [0.1, 0.15) is 0 Å². The number of hydrogen-bond donors (Lipinski definition) is 1. The van der Waals surface area contributed by atoms with Crippen molar-refractivity contribution in [1.82, 2.24) is 15.1 Å². The first kappa shape index (κ1) is 15.6. The van der Waals surface area contributed by atoms with E-state index in [9.17, 15) is 18.0 Å². The molecule has 2 saturated heterocycles. The highest BCUT2D eigenvalue weighted by Gasteiger charge is 2.31. The fraction of sp³-hybridized carbons (Fsp3) is 0.923. The molecule has 1 amide bonds. The Bertz CT molecular complexity index is 329. The summed E-state index contributed by atoms with van der Waals surface area (Å²) in [6, 6.07) is 0.391. The Morgan fingerprint density at radius 2 is 1.85 bits per heavy atom. The Hall–Kier alpha value is -0.820. The molecule has 0 saturated carbocycles. The van der Waals surface area contributed by atoms with E-state index in [0.29, 0.717) is 19.1 Å². The van der Waals surface area contributed by atoms with Crippen LogP contribution >= 0.6 is 0 Å². The van der Waals surface area contributed by atoms with Crippen LogP contribution in [0.5, 0.6) is 0 Å². The predicted molar refractivity (Wildman–Crippen MR) is 69.3 cm³/mol. The quantitative estimate of drug-likeness (QED) is 0.847. The maximum absolute atomic E-state index is 12.0. The van der Waals surface area contributed by atoms with E-state index >= 15 is 0 Å². The first-order chi connectivity index (χ1) is 9.46. The zero-order chi connectivity index (χ0) is 14.6. The summed E-state index contributed by atoms with van der Waals surface area (Å²) < 4.78 is 36.0. The minimum atomic E-state index is -4.26. The van der Waals surface area contributed by atoms with E-state index in [1.54, 1.807) is 4.90 Å². The molecule has 2 heterocycles. The maximum Gasteiger partial charge on any atom is 0.401 e. The number of rotatable bonds is 4. The summed E-state index contributed by atoms with van der Waals surface area (Å²) in [7, 11) is 0. The van der Waals surface area contributed by atoms with E-state index in [1.165, 1.54) is 19.3 Å². The summed E-state index contributed by atoms with van der Waals surface area (Å²) in [5.74, 6) is -0.228. The van der Waals surface area contributed by atoms with Gasteiger partial charge >= 0.3 is 6.18 Å². The molecule has 0 radical (unpaired) electrons. The molecule has 0 aromatic heterocycles. The van der Waals surface area contributed by atoms with Crippen LogP contribution in [0, 0.1) is 0 Å². The van der Waals surface area contributed by atoms with Crippen molar-refractivity contribution in [2.45, 2.75) is 37.9 Å². The molecule has 116 valence electrons. The lowest BCUT2D eigenvalue weighted by Crippen LogP contribution is -2.43. The van der Waals surface area contributed by atoms with Gasteiger partial charge in [0, 0.05) is 19.1 Å². The first-order valence-corrected chi connectivity index (χ1v) is 7.25. The largest absolute Gasteiger partial charge is 0.401 e. The molecule has 2 rings (SSSR count). The number of likely N-dealkylation sites (tertiary alicyclic amines) is 2. The zero-order valence-corrected chi connectivity index (χ0v) is 11.6. The van der Waals surface area contributed by atoms with Crippen molar-refractivity contribution < 1.29 is 18.0 Å². The van der Waals surface area contributed by atoms with Crippen molar-refractivity contribution in [2.75, 3.05) is 39.3 Å². The van der Waals surface area contributed by atoms with Gasteiger partial charge in [-0.25, -0.2) is 0 Å². The number of nitrogens with one attached hydrogen (secondary N) is 1. The van der Waals surface area contributed by atoms with Crippen molar-refractivity contribution in [3.63, 3.8) is 0 Å². The van der Waals surface area contributed by atoms with Crippen LogP contribution in [0.2, 0.25) is 0 Å². The van der Waals surface area contributed by atoms with Crippen molar-refractivity contribution >= 4 is 5.91 Å². The molecule has 0 aromatic rings. The molecule has 4 nitrogen and oxygen atoms in total. The molecule has 7 heteroatoms. The average molecular weight is 293 g/mol. The van der Waals surface area contributed by atoms with Gasteiger partial charge in [0.25, 0.3) is 0 Å². The second kappa shape index (κ2) is 6.76. The second-order valence-corrected chi connectivity index (χ2v) is 5.60. The van der Waals surface area contributed by atoms with Crippen molar-refractivity contribution in [2.24, 2.45) is 0 Å². The van der Waals surface area contributed by atoms with Crippen molar-refractivity contribution in [3.05, 3.63) is 0 Å². The number of carbonyl (C=O) groups excluding carboxylic acids is 1. The third kappa shape index (κ3) is 4.63. The highest BCUT2D eigenvalue weighted by atomic mass is 19.4. The number of hydrogen-bond acceptors (Lipinski definition) is 3. The fourth-order valence-corrected chi connectivity index (χ4v) is 2.97. The molecule has 0 spiro atoms. The van der Waals surface area contributed by atoms with E-state index in [-0.39, 0.29) is 12.5 Å². The number of carbonyl (C=O) groups is 1. The molecule has 2 aliphatic rings. The molecular formula is C13H22F3N3O. The van der Waals surface area contributed by atoms with Gasteiger partial charge in [-0.05, 0) is 32.4 Å². The van der Waals surface area contributed by atoms with Crippen LogP contribution in [0.25, 0.3) is 0 Å².